The summed E-state index contributed by atoms with van der Waals surface area (Å²) < 4.78 is 7.15. The number of hydrogen-bond donors (Lipinski definition) is 0. The Labute approximate surface area is 135 Å². The largest absolute Gasteiger partial charge is 0.457 e. The summed E-state index contributed by atoms with van der Waals surface area (Å²) in [5, 5.41) is 0.986. The van der Waals surface area contributed by atoms with Crippen molar-refractivity contribution >= 4 is 45.1 Å². The molecule has 0 fully saturated rings. The van der Waals surface area contributed by atoms with Gasteiger partial charge in [-0.3, -0.25) is 4.98 Å². The van der Waals surface area contributed by atoms with Gasteiger partial charge in [-0.05, 0) is 52.9 Å². The molecule has 1 heterocycles. The van der Waals surface area contributed by atoms with Gasteiger partial charge >= 0.3 is 0 Å². The van der Waals surface area contributed by atoms with Gasteiger partial charge in [0, 0.05) is 15.0 Å². The maximum absolute atomic E-state index is 6.01. The van der Waals surface area contributed by atoms with E-state index in [2.05, 4.69) is 27.6 Å². The zero-order valence-corrected chi connectivity index (χ0v) is 13.4. The van der Waals surface area contributed by atoms with Crippen molar-refractivity contribution in [3.05, 3.63) is 63.9 Å². The standard InChI is InChI=1S/C16H11ClINO/c17-10-12-9-16(14-6-1-2-7-15(14)19-12)20-13-5-3-4-11(18)8-13/h1-9H,10H2. The Morgan fingerprint density at radius 1 is 1.05 bits per heavy atom. The molecule has 0 saturated carbocycles. The number of aromatic nitrogens is 1. The third kappa shape index (κ3) is 2.88. The normalized spacial score (nSPS) is 10.7. The van der Waals surface area contributed by atoms with Gasteiger partial charge in [0.05, 0.1) is 17.1 Å². The Balaban J connectivity index is 2.10. The number of benzene rings is 2. The number of hydrogen-bond acceptors (Lipinski definition) is 2. The van der Waals surface area contributed by atoms with Gasteiger partial charge < -0.3 is 4.74 Å². The molecule has 100 valence electrons. The Hall–Kier alpha value is -1.33. The van der Waals surface area contributed by atoms with Gasteiger partial charge in [0.25, 0.3) is 0 Å². The van der Waals surface area contributed by atoms with E-state index < -0.39 is 0 Å². The van der Waals surface area contributed by atoms with Gasteiger partial charge in [-0.25, -0.2) is 0 Å². The Morgan fingerprint density at radius 3 is 2.70 bits per heavy atom. The van der Waals surface area contributed by atoms with Crippen molar-refractivity contribution in [1.29, 1.82) is 0 Å². The maximum Gasteiger partial charge on any atom is 0.138 e. The van der Waals surface area contributed by atoms with Gasteiger partial charge in [-0.15, -0.1) is 11.6 Å². The van der Waals surface area contributed by atoms with E-state index in [-0.39, 0.29) is 0 Å². The number of para-hydroxylation sites is 1. The Kier molecular flexibility index (Phi) is 4.08. The van der Waals surface area contributed by atoms with E-state index in [9.17, 15) is 0 Å². The lowest BCUT2D eigenvalue weighted by atomic mass is 10.2. The number of rotatable bonds is 3. The molecule has 4 heteroatoms. The molecule has 0 bridgehead atoms. The first kappa shape index (κ1) is 13.6. The van der Waals surface area contributed by atoms with Crippen LogP contribution in [0.1, 0.15) is 5.69 Å². The van der Waals surface area contributed by atoms with E-state index in [1.54, 1.807) is 0 Å². The van der Waals surface area contributed by atoms with Crippen LogP contribution in [0.15, 0.2) is 54.6 Å². The van der Waals surface area contributed by atoms with E-state index in [1.165, 1.54) is 0 Å². The van der Waals surface area contributed by atoms with Crippen LogP contribution < -0.4 is 4.74 Å². The molecule has 0 aliphatic heterocycles. The Morgan fingerprint density at radius 2 is 1.90 bits per heavy atom. The highest BCUT2D eigenvalue weighted by Gasteiger charge is 2.07. The second-order valence-electron chi connectivity index (χ2n) is 4.32. The first-order chi connectivity index (χ1) is 9.76. The van der Waals surface area contributed by atoms with Crippen LogP contribution in [0.25, 0.3) is 10.9 Å². The highest BCUT2D eigenvalue weighted by molar-refractivity contribution is 14.1. The minimum absolute atomic E-state index is 0.369. The first-order valence-corrected chi connectivity index (χ1v) is 7.75. The fourth-order valence-electron chi connectivity index (χ4n) is 2.01. The molecular formula is C16H11ClINO. The molecule has 0 N–H and O–H groups in total. The second-order valence-corrected chi connectivity index (χ2v) is 5.83. The summed E-state index contributed by atoms with van der Waals surface area (Å²) >= 11 is 8.18. The number of ether oxygens (including phenoxy) is 1. The second kappa shape index (κ2) is 5.97. The summed E-state index contributed by atoms with van der Waals surface area (Å²) in [6.07, 6.45) is 0. The smallest absolute Gasteiger partial charge is 0.138 e. The predicted octanol–water partition coefficient (Wildman–Crippen LogP) is 5.37. The molecule has 0 radical (unpaired) electrons. The molecule has 1 aromatic heterocycles. The van der Waals surface area contributed by atoms with Crippen LogP contribution in [-0.2, 0) is 5.88 Å². The highest BCUT2D eigenvalue weighted by atomic mass is 127. The lowest BCUT2D eigenvalue weighted by Crippen LogP contribution is -1.92. The molecule has 3 aromatic rings. The molecule has 0 spiro atoms. The summed E-state index contributed by atoms with van der Waals surface area (Å²) in [7, 11) is 0. The predicted molar refractivity (Wildman–Crippen MR) is 90.5 cm³/mol. The van der Waals surface area contributed by atoms with Gasteiger partial charge in [0.2, 0.25) is 0 Å². The zero-order valence-electron chi connectivity index (χ0n) is 10.5. The van der Waals surface area contributed by atoms with Gasteiger partial charge in [0.1, 0.15) is 11.5 Å². The summed E-state index contributed by atoms with van der Waals surface area (Å²) in [4.78, 5) is 4.50. The van der Waals surface area contributed by atoms with Crippen LogP contribution in [0.4, 0.5) is 0 Å². The van der Waals surface area contributed by atoms with Gasteiger partial charge in [-0.1, -0.05) is 18.2 Å². The van der Waals surface area contributed by atoms with E-state index >= 15 is 0 Å². The average molecular weight is 396 g/mol. The van der Waals surface area contributed by atoms with Crippen LogP contribution >= 0.6 is 34.2 Å². The van der Waals surface area contributed by atoms with Crippen LogP contribution in [0.3, 0.4) is 0 Å². The lowest BCUT2D eigenvalue weighted by Gasteiger charge is -2.10. The van der Waals surface area contributed by atoms with E-state index in [0.29, 0.717) is 5.88 Å². The number of alkyl halides is 1. The van der Waals surface area contributed by atoms with Crippen molar-refractivity contribution in [2.24, 2.45) is 0 Å². The van der Waals surface area contributed by atoms with Crippen molar-refractivity contribution < 1.29 is 4.74 Å². The highest BCUT2D eigenvalue weighted by Crippen LogP contribution is 2.30. The van der Waals surface area contributed by atoms with Crippen LogP contribution in [0.5, 0.6) is 11.5 Å². The van der Waals surface area contributed by atoms with Crippen molar-refractivity contribution in [3.63, 3.8) is 0 Å². The first-order valence-electron chi connectivity index (χ1n) is 6.14. The lowest BCUT2D eigenvalue weighted by molar-refractivity contribution is 0.487. The molecule has 2 nitrogen and oxygen atoms in total. The van der Waals surface area contributed by atoms with Gasteiger partial charge in [-0.2, -0.15) is 0 Å². The topological polar surface area (TPSA) is 22.1 Å². The molecule has 0 aliphatic carbocycles. The van der Waals surface area contributed by atoms with Crippen LogP contribution in [-0.4, -0.2) is 4.98 Å². The fraction of sp³-hybridized carbons (Fsp3) is 0.0625. The Bertz CT molecular complexity index is 760. The molecule has 20 heavy (non-hydrogen) atoms. The average Bonchev–Trinajstić information content (AvgIpc) is 2.47. The quantitative estimate of drug-likeness (QED) is 0.439. The minimum atomic E-state index is 0.369. The summed E-state index contributed by atoms with van der Waals surface area (Å²) in [6.45, 7) is 0. The van der Waals surface area contributed by atoms with Gasteiger partial charge in [0.15, 0.2) is 0 Å². The summed E-state index contributed by atoms with van der Waals surface area (Å²) in [5.74, 6) is 1.97. The van der Waals surface area contributed by atoms with E-state index in [0.717, 1.165) is 31.7 Å². The number of fused-ring (bicyclic) bond motifs is 1. The molecule has 0 unspecified atom stereocenters. The van der Waals surface area contributed by atoms with E-state index in [4.69, 9.17) is 16.3 Å². The third-order valence-corrected chi connectivity index (χ3v) is 3.84. The number of nitrogens with zero attached hydrogens (tertiary/aromatic N) is 1. The molecule has 0 amide bonds. The molecule has 0 aliphatic rings. The number of halogens is 2. The van der Waals surface area contributed by atoms with Crippen molar-refractivity contribution in [3.8, 4) is 11.5 Å². The minimum Gasteiger partial charge on any atom is -0.457 e. The molecule has 2 aromatic carbocycles. The van der Waals surface area contributed by atoms with Crippen molar-refractivity contribution in [2.75, 3.05) is 0 Å². The molecule has 0 saturated heterocycles. The molecule has 0 atom stereocenters. The SMILES string of the molecule is ClCc1cc(Oc2cccc(I)c2)c2ccccc2n1. The summed E-state index contributed by atoms with van der Waals surface area (Å²) in [5.41, 5.74) is 1.71. The van der Waals surface area contributed by atoms with E-state index in [1.807, 2.05) is 54.6 Å². The van der Waals surface area contributed by atoms with Crippen LogP contribution in [0.2, 0.25) is 0 Å². The van der Waals surface area contributed by atoms with Crippen molar-refractivity contribution in [2.45, 2.75) is 5.88 Å². The number of pyridine rings is 1. The summed E-state index contributed by atoms with van der Waals surface area (Å²) in [6, 6.07) is 17.7. The zero-order chi connectivity index (χ0) is 13.9. The van der Waals surface area contributed by atoms with Crippen LogP contribution in [0, 0.1) is 3.57 Å². The maximum atomic E-state index is 6.01. The third-order valence-electron chi connectivity index (χ3n) is 2.89. The van der Waals surface area contributed by atoms with Crippen molar-refractivity contribution in [1.82, 2.24) is 4.98 Å². The fourth-order valence-corrected chi connectivity index (χ4v) is 2.66. The molecule has 3 rings (SSSR count). The molecular weight excluding hydrogens is 385 g/mol. The monoisotopic (exact) mass is 395 g/mol.